The molecular formula is C24H20N7NaO8S. The molecular weight excluding hydrogens is 569 g/mol. The Kier molecular flexibility index (Phi) is 8.58. The molecule has 41 heavy (non-hydrogen) atoms. The van der Waals surface area contributed by atoms with Crippen molar-refractivity contribution in [3.63, 3.8) is 0 Å². The first kappa shape index (κ1) is 29.9. The molecule has 0 aliphatic carbocycles. The fourth-order valence-corrected chi connectivity index (χ4v) is 5.57. The van der Waals surface area contributed by atoms with Gasteiger partial charge in [0.25, 0.3) is 23.4 Å². The van der Waals surface area contributed by atoms with Gasteiger partial charge in [-0.05, 0) is 37.0 Å². The van der Waals surface area contributed by atoms with Gasteiger partial charge >= 0.3 is 29.6 Å². The average molecular weight is 590 g/mol. The number of amides is 3. The van der Waals surface area contributed by atoms with Crippen molar-refractivity contribution >= 4 is 57.2 Å². The molecule has 2 saturated heterocycles. The number of nitrogens with two attached hydrogens (primary N) is 1. The van der Waals surface area contributed by atoms with E-state index in [0.717, 1.165) is 16.2 Å². The third-order valence-electron chi connectivity index (χ3n) is 6.86. The zero-order chi connectivity index (χ0) is 28.7. The van der Waals surface area contributed by atoms with E-state index in [1.165, 1.54) is 34.6 Å². The van der Waals surface area contributed by atoms with Gasteiger partial charge in [-0.2, -0.15) is 0 Å². The van der Waals surface area contributed by atoms with Crippen LogP contribution in [0, 0.1) is 10.1 Å². The van der Waals surface area contributed by atoms with Crippen LogP contribution < -0.4 is 50.6 Å². The van der Waals surface area contributed by atoms with Crippen molar-refractivity contribution in [2.75, 3.05) is 17.2 Å². The molecule has 2 aromatic rings. The number of nitro benzene ring substituents is 1. The molecule has 3 aliphatic rings. The number of benzene rings is 1. The normalized spacial score (nSPS) is 21.4. The van der Waals surface area contributed by atoms with Gasteiger partial charge in [0, 0.05) is 29.6 Å². The first-order chi connectivity index (χ1) is 19.1. The molecule has 4 N–H and O–H groups in total. The molecule has 0 radical (unpaired) electrons. The summed E-state index contributed by atoms with van der Waals surface area (Å²) in [6.07, 6.45) is 2.11. The number of aromatic nitrogens is 1. The fourth-order valence-electron chi connectivity index (χ4n) is 5.02. The van der Waals surface area contributed by atoms with Gasteiger partial charge in [0.1, 0.15) is 11.7 Å². The molecule has 0 bridgehead atoms. The minimum atomic E-state index is -1.62. The number of nitrogens with one attached hydrogen (secondary N) is 1. The predicted molar refractivity (Wildman–Crippen MR) is 137 cm³/mol. The van der Waals surface area contributed by atoms with E-state index < -0.39 is 52.1 Å². The van der Waals surface area contributed by atoms with E-state index in [4.69, 9.17) is 5.73 Å². The van der Waals surface area contributed by atoms with Crippen LogP contribution in [0.4, 0.5) is 16.5 Å². The summed E-state index contributed by atoms with van der Waals surface area (Å²) in [6, 6.07) is 3.83. The van der Waals surface area contributed by atoms with Crippen LogP contribution in [0.5, 0.6) is 0 Å². The van der Waals surface area contributed by atoms with E-state index in [1.54, 1.807) is 6.07 Å². The maximum Gasteiger partial charge on any atom is 1.00 e. The number of thiazole rings is 1. The number of hydrogen-bond donors (Lipinski definition) is 3. The summed E-state index contributed by atoms with van der Waals surface area (Å²) < 4.78 is 0. The molecule has 15 nitrogen and oxygen atoms in total. The van der Waals surface area contributed by atoms with Crippen molar-refractivity contribution in [1.29, 1.82) is 0 Å². The predicted octanol–water partition coefficient (Wildman–Crippen LogP) is -3.33. The number of oxime groups is 1. The minimum absolute atomic E-state index is 0. The maximum atomic E-state index is 13.1. The van der Waals surface area contributed by atoms with E-state index in [9.17, 15) is 39.6 Å². The molecule has 17 heteroatoms. The van der Waals surface area contributed by atoms with Gasteiger partial charge in [-0.1, -0.05) is 11.2 Å². The zero-order valence-electron chi connectivity index (χ0n) is 21.5. The van der Waals surface area contributed by atoms with Crippen LogP contribution in [-0.2, 0) is 19.2 Å². The summed E-state index contributed by atoms with van der Waals surface area (Å²) >= 11 is 1.02. The smallest absolute Gasteiger partial charge is 0.543 e. The van der Waals surface area contributed by atoms with Gasteiger partial charge in [0.15, 0.2) is 10.8 Å². The fraction of sp³-hybridized carbons (Fsp3) is 0.250. The maximum absolute atomic E-state index is 13.1. The molecule has 4 heterocycles. The van der Waals surface area contributed by atoms with Crippen LogP contribution >= 0.6 is 11.3 Å². The number of anilines is 2. The van der Waals surface area contributed by atoms with E-state index in [1.807, 2.05) is 0 Å². The van der Waals surface area contributed by atoms with Crippen LogP contribution in [0.15, 0.2) is 57.7 Å². The summed E-state index contributed by atoms with van der Waals surface area (Å²) in [4.78, 5) is 67.6. The first-order valence-electron chi connectivity index (χ1n) is 11.9. The Morgan fingerprint density at radius 3 is 2.68 bits per heavy atom. The third-order valence-corrected chi connectivity index (χ3v) is 7.53. The topological polar surface area (TPSA) is 224 Å². The Hall–Kier alpha value is -4.12. The number of carbonyl (C=O) groups excluding carboxylic acids is 4. The van der Waals surface area contributed by atoms with Crippen molar-refractivity contribution in [1.82, 2.24) is 15.2 Å². The molecule has 3 amide bonds. The standard InChI is InChI=1S/C24H21N7O8S.Na/c25-24-26-15(10-40-24)17(28-37)20(32)27-18-16-5-4-11(19(23(35)36)30(16)22(18)34)8-12-6-7-29(21(12)33)13-2-1-3-14(9-13)31(38)39;/h1-3,8-10,16,18,37H,4-7H2,(H2,25,26)(H,27,32)(H,35,36);/q;+1/p-1/b12-8+,28-17-;/t16-,18+;/m0./s1. The number of carbonyl (C=O) groups is 4. The number of nitro groups is 1. The molecule has 0 spiro atoms. The monoisotopic (exact) mass is 589 g/mol. The van der Waals surface area contributed by atoms with Crippen molar-refractivity contribution < 1.29 is 64.0 Å². The average Bonchev–Trinajstić information content (AvgIpc) is 3.52. The van der Waals surface area contributed by atoms with Gasteiger partial charge in [-0.15, -0.1) is 11.3 Å². The summed E-state index contributed by atoms with van der Waals surface area (Å²) in [5.41, 5.74) is 5.38. The Morgan fingerprint density at radius 1 is 1.29 bits per heavy atom. The number of carboxylic acid groups (broad SMARTS) is 1. The van der Waals surface area contributed by atoms with Crippen molar-refractivity contribution in [3.8, 4) is 0 Å². The van der Waals surface area contributed by atoms with E-state index in [-0.39, 0.29) is 83.0 Å². The quantitative estimate of drug-likeness (QED) is 0.0554. The van der Waals surface area contributed by atoms with Crippen LogP contribution in [0.3, 0.4) is 0 Å². The number of rotatable bonds is 7. The summed E-state index contributed by atoms with van der Waals surface area (Å²) in [5.74, 6) is -3.66. The molecule has 206 valence electrons. The SMILES string of the molecule is Nc1nc(/C(=N/O)C(=O)N[C@H]2C(=O)N3C(C(=O)[O-])=C(/C=C4\CCN(c5cccc([N+](=O)[O-])c5)C4=O)CC[C@@H]23)cs1.[Na+]. The Morgan fingerprint density at radius 2 is 2.05 bits per heavy atom. The molecule has 2 atom stereocenters. The van der Waals surface area contributed by atoms with Crippen LogP contribution in [0.2, 0.25) is 0 Å². The van der Waals surface area contributed by atoms with Gasteiger partial charge < -0.3 is 36.0 Å². The summed E-state index contributed by atoms with van der Waals surface area (Å²) in [5, 5.41) is 39.5. The molecule has 1 aromatic heterocycles. The number of nitrogen functional groups attached to an aromatic ring is 1. The van der Waals surface area contributed by atoms with Crippen molar-refractivity contribution in [3.05, 3.63) is 68.4 Å². The number of nitrogens with zero attached hydrogens (tertiary/aromatic N) is 5. The van der Waals surface area contributed by atoms with E-state index >= 15 is 0 Å². The molecule has 2 fully saturated rings. The van der Waals surface area contributed by atoms with Gasteiger partial charge in [0.2, 0.25) is 0 Å². The number of aliphatic carboxylic acids is 1. The Balaban J connectivity index is 0.00000387. The molecule has 5 rings (SSSR count). The molecule has 3 aliphatic heterocycles. The largest absolute Gasteiger partial charge is 1.00 e. The number of β-lactam (4-membered cyclic amide) rings is 1. The zero-order valence-corrected chi connectivity index (χ0v) is 24.3. The van der Waals surface area contributed by atoms with Crippen LogP contribution in [-0.4, -0.2) is 68.0 Å². The Bertz CT molecular complexity index is 1570. The van der Waals surface area contributed by atoms with Gasteiger partial charge in [-0.3, -0.25) is 24.5 Å². The molecule has 0 unspecified atom stereocenters. The molecule has 0 saturated carbocycles. The number of carboxylic acids is 1. The third kappa shape index (κ3) is 5.46. The second kappa shape index (κ2) is 11.8. The van der Waals surface area contributed by atoms with E-state index in [2.05, 4.69) is 15.5 Å². The minimum Gasteiger partial charge on any atom is -0.543 e. The van der Waals surface area contributed by atoms with E-state index in [0.29, 0.717) is 5.69 Å². The summed E-state index contributed by atoms with van der Waals surface area (Å²) in [6.45, 7) is 0.235. The second-order valence-corrected chi connectivity index (χ2v) is 9.99. The van der Waals surface area contributed by atoms with Crippen molar-refractivity contribution in [2.45, 2.75) is 31.3 Å². The van der Waals surface area contributed by atoms with Crippen LogP contribution in [0.1, 0.15) is 25.0 Å². The number of allylic oxidation sites excluding steroid dienone is 2. The summed E-state index contributed by atoms with van der Waals surface area (Å²) in [7, 11) is 0. The van der Waals surface area contributed by atoms with Crippen molar-refractivity contribution in [2.24, 2.45) is 5.16 Å². The Labute approximate surface area is 257 Å². The number of hydrogen-bond acceptors (Lipinski definition) is 12. The molecule has 1 aromatic carbocycles. The van der Waals surface area contributed by atoms with Gasteiger partial charge in [0.05, 0.1) is 28.3 Å². The van der Waals surface area contributed by atoms with Gasteiger partial charge in [-0.25, -0.2) is 4.98 Å². The first-order valence-corrected chi connectivity index (χ1v) is 12.8. The number of fused-ring (bicyclic) bond motifs is 1. The number of non-ortho nitro benzene ring substituents is 1. The van der Waals surface area contributed by atoms with Crippen LogP contribution in [0.25, 0.3) is 0 Å². The second-order valence-electron chi connectivity index (χ2n) is 9.10.